The molecule has 0 radical (unpaired) electrons. The molecule has 0 spiro atoms. The molecule has 2 N–H and O–H groups in total. The minimum absolute atomic E-state index is 0.208. The predicted octanol–water partition coefficient (Wildman–Crippen LogP) is 3.47. The number of rotatable bonds is 3. The van der Waals surface area contributed by atoms with Gasteiger partial charge in [-0.3, -0.25) is 4.79 Å². The van der Waals surface area contributed by atoms with Gasteiger partial charge in [0.25, 0.3) is 0 Å². The molecule has 1 heterocycles. The lowest BCUT2D eigenvalue weighted by Gasteiger charge is -2.23. The summed E-state index contributed by atoms with van der Waals surface area (Å²) in [6.07, 6.45) is 7.39. The average Bonchev–Trinajstić information content (AvgIpc) is 2.98. The Bertz CT molecular complexity index is 480. The summed E-state index contributed by atoms with van der Waals surface area (Å²) in [5, 5.41) is 12.5. The van der Waals surface area contributed by atoms with Gasteiger partial charge in [0, 0.05) is 12.6 Å². The Kier molecular flexibility index (Phi) is 4.06. The van der Waals surface area contributed by atoms with Crippen LogP contribution in [0.1, 0.15) is 61.6 Å². The molecule has 1 aromatic carbocycles. The molecule has 1 saturated carbocycles. The molecule has 2 aliphatic rings. The van der Waals surface area contributed by atoms with Crippen LogP contribution >= 0.6 is 0 Å². The number of benzene rings is 1. The van der Waals surface area contributed by atoms with Crippen molar-refractivity contribution < 1.29 is 9.90 Å². The standard InChI is InChI=1S/C17H23NO2/c19-17(20)15-10-16(18-11-15)14-8-4-7-13(9-14)12-5-2-1-3-6-12/h4,7-9,12,15-16,18H,1-3,5-6,10-11H2,(H,19,20). The summed E-state index contributed by atoms with van der Waals surface area (Å²) in [5.41, 5.74) is 2.71. The zero-order chi connectivity index (χ0) is 13.9. The first-order valence-corrected chi connectivity index (χ1v) is 7.80. The molecular formula is C17H23NO2. The van der Waals surface area contributed by atoms with E-state index >= 15 is 0 Å². The number of hydrogen-bond acceptors (Lipinski definition) is 2. The summed E-state index contributed by atoms with van der Waals surface area (Å²) in [5.74, 6) is -0.206. The molecular weight excluding hydrogens is 250 g/mol. The number of carboxylic acid groups (broad SMARTS) is 1. The minimum atomic E-state index is -0.677. The van der Waals surface area contributed by atoms with E-state index in [1.807, 2.05) is 0 Å². The van der Waals surface area contributed by atoms with Crippen LogP contribution in [-0.4, -0.2) is 17.6 Å². The highest BCUT2D eigenvalue weighted by atomic mass is 16.4. The summed E-state index contributed by atoms with van der Waals surface area (Å²) >= 11 is 0. The monoisotopic (exact) mass is 273 g/mol. The van der Waals surface area contributed by atoms with Gasteiger partial charge in [-0.15, -0.1) is 0 Å². The van der Waals surface area contributed by atoms with Gasteiger partial charge in [0.15, 0.2) is 0 Å². The third kappa shape index (κ3) is 2.88. The second-order valence-electron chi connectivity index (χ2n) is 6.24. The molecule has 20 heavy (non-hydrogen) atoms. The molecule has 2 fully saturated rings. The Labute approximate surface area is 120 Å². The van der Waals surface area contributed by atoms with Crippen molar-refractivity contribution in [3.63, 3.8) is 0 Å². The summed E-state index contributed by atoms with van der Waals surface area (Å²) in [7, 11) is 0. The molecule has 108 valence electrons. The first kappa shape index (κ1) is 13.6. The van der Waals surface area contributed by atoms with Crippen LogP contribution in [0.5, 0.6) is 0 Å². The first-order chi connectivity index (χ1) is 9.74. The molecule has 3 heteroatoms. The van der Waals surface area contributed by atoms with Crippen LogP contribution in [0, 0.1) is 5.92 Å². The summed E-state index contributed by atoms with van der Waals surface area (Å²) in [4.78, 5) is 11.1. The van der Waals surface area contributed by atoms with Crippen LogP contribution < -0.4 is 5.32 Å². The fourth-order valence-electron chi connectivity index (χ4n) is 3.64. The molecule has 0 bridgehead atoms. The van der Waals surface area contributed by atoms with Gasteiger partial charge in [0.1, 0.15) is 0 Å². The molecule has 1 aliphatic carbocycles. The predicted molar refractivity (Wildman–Crippen MR) is 78.8 cm³/mol. The average molecular weight is 273 g/mol. The smallest absolute Gasteiger partial charge is 0.307 e. The highest BCUT2D eigenvalue weighted by Gasteiger charge is 2.30. The lowest BCUT2D eigenvalue weighted by molar-refractivity contribution is -0.141. The number of nitrogens with one attached hydrogen (secondary N) is 1. The van der Waals surface area contributed by atoms with E-state index in [1.54, 1.807) is 0 Å². The van der Waals surface area contributed by atoms with E-state index in [9.17, 15) is 4.79 Å². The van der Waals surface area contributed by atoms with Crippen molar-refractivity contribution in [3.05, 3.63) is 35.4 Å². The van der Waals surface area contributed by atoms with Gasteiger partial charge in [0.2, 0.25) is 0 Å². The topological polar surface area (TPSA) is 49.3 Å². The second-order valence-corrected chi connectivity index (χ2v) is 6.24. The third-order valence-electron chi connectivity index (χ3n) is 4.87. The maximum absolute atomic E-state index is 11.1. The third-order valence-corrected chi connectivity index (χ3v) is 4.87. The minimum Gasteiger partial charge on any atom is -0.481 e. The lowest BCUT2D eigenvalue weighted by Crippen LogP contribution is -2.17. The van der Waals surface area contributed by atoms with E-state index in [1.165, 1.54) is 43.2 Å². The summed E-state index contributed by atoms with van der Waals surface area (Å²) < 4.78 is 0. The molecule has 1 aromatic rings. The molecule has 1 aliphatic heterocycles. The van der Waals surface area contributed by atoms with E-state index in [-0.39, 0.29) is 12.0 Å². The maximum Gasteiger partial charge on any atom is 0.307 e. The van der Waals surface area contributed by atoms with Gasteiger partial charge in [-0.25, -0.2) is 0 Å². The van der Waals surface area contributed by atoms with Gasteiger partial charge in [-0.1, -0.05) is 43.5 Å². The Morgan fingerprint density at radius 2 is 1.90 bits per heavy atom. The van der Waals surface area contributed by atoms with Crippen molar-refractivity contribution in [3.8, 4) is 0 Å². The van der Waals surface area contributed by atoms with E-state index in [0.29, 0.717) is 18.9 Å². The van der Waals surface area contributed by atoms with Crippen LogP contribution in [0.15, 0.2) is 24.3 Å². The second kappa shape index (κ2) is 5.96. The molecule has 1 saturated heterocycles. The fraction of sp³-hybridized carbons (Fsp3) is 0.588. The quantitative estimate of drug-likeness (QED) is 0.886. The fourth-order valence-corrected chi connectivity index (χ4v) is 3.64. The van der Waals surface area contributed by atoms with Crippen molar-refractivity contribution >= 4 is 5.97 Å². The zero-order valence-electron chi connectivity index (χ0n) is 11.8. The highest BCUT2D eigenvalue weighted by molar-refractivity contribution is 5.70. The van der Waals surface area contributed by atoms with E-state index in [2.05, 4.69) is 29.6 Å². The molecule has 3 nitrogen and oxygen atoms in total. The van der Waals surface area contributed by atoms with Crippen LogP contribution in [0.4, 0.5) is 0 Å². The molecule has 2 atom stereocenters. The normalized spacial score (nSPS) is 27.6. The summed E-state index contributed by atoms with van der Waals surface area (Å²) in [6.45, 7) is 0.591. The van der Waals surface area contributed by atoms with Gasteiger partial charge in [-0.05, 0) is 36.3 Å². The molecule has 3 rings (SSSR count). The van der Waals surface area contributed by atoms with Gasteiger partial charge >= 0.3 is 5.97 Å². The van der Waals surface area contributed by atoms with Gasteiger partial charge in [-0.2, -0.15) is 0 Å². The largest absolute Gasteiger partial charge is 0.481 e. The Balaban J connectivity index is 1.73. The SMILES string of the molecule is O=C(O)C1CNC(c2cccc(C3CCCCC3)c2)C1. The maximum atomic E-state index is 11.1. The van der Waals surface area contributed by atoms with Crippen molar-refractivity contribution in [2.75, 3.05) is 6.54 Å². The van der Waals surface area contributed by atoms with E-state index in [0.717, 1.165) is 0 Å². The number of carbonyl (C=O) groups is 1. The number of carboxylic acids is 1. The Morgan fingerprint density at radius 3 is 2.60 bits per heavy atom. The Hall–Kier alpha value is -1.35. The van der Waals surface area contributed by atoms with E-state index < -0.39 is 5.97 Å². The van der Waals surface area contributed by atoms with Crippen molar-refractivity contribution in [2.45, 2.75) is 50.5 Å². The van der Waals surface area contributed by atoms with Crippen molar-refractivity contribution in [1.82, 2.24) is 5.32 Å². The van der Waals surface area contributed by atoms with Crippen LogP contribution in [-0.2, 0) is 4.79 Å². The van der Waals surface area contributed by atoms with Gasteiger partial charge < -0.3 is 10.4 Å². The molecule has 2 unspecified atom stereocenters. The lowest BCUT2D eigenvalue weighted by atomic mass is 9.83. The molecule has 0 amide bonds. The zero-order valence-corrected chi connectivity index (χ0v) is 11.8. The van der Waals surface area contributed by atoms with Crippen molar-refractivity contribution in [2.24, 2.45) is 5.92 Å². The Morgan fingerprint density at radius 1 is 1.15 bits per heavy atom. The first-order valence-electron chi connectivity index (χ1n) is 7.80. The summed E-state index contributed by atoms with van der Waals surface area (Å²) in [6, 6.07) is 9.02. The van der Waals surface area contributed by atoms with Crippen LogP contribution in [0.2, 0.25) is 0 Å². The van der Waals surface area contributed by atoms with E-state index in [4.69, 9.17) is 5.11 Å². The van der Waals surface area contributed by atoms with Crippen LogP contribution in [0.3, 0.4) is 0 Å². The van der Waals surface area contributed by atoms with Crippen LogP contribution in [0.25, 0.3) is 0 Å². The number of hydrogen-bond donors (Lipinski definition) is 2. The highest BCUT2D eigenvalue weighted by Crippen LogP contribution is 2.35. The molecule has 0 aromatic heterocycles. The number of aliphatic carboxylic acids is 1. The van der Waals surface area contributed by atoms with Crippen molar-refractivity contribution in [1.29, 1.82) is 0 Å². The van der Waals surface area contributed by atoms with Gasteiger partial charge in [0.05, 0.1) is 5.92 Å².